The van der Waals surface area contributed by atoms with E-state index >= 15 is 0 Å². The monoisotopic (exact) mass is 1030 g/mol. The maximum atomic E-state index is 14.6. The van der Waals surface area contributed by atoms with Gasteiger partial charge in [0, 0.05) is 60.5 Å². The summed E-state index contributed by atoms with van der Waals surface area (Å²) in [6.07, 6.45) is -5.23. The van der Waals surface area contributed by atoms with Gasteiger partial charge in [0.05, 0.1) is 60.7 Å². The van der Waals surface area contributed by atoms with Gasteiger partial charge in [0.25, 0.3) is 0 Å². The van der Waals surface area contributed by atoms with Gasteiger partial charge in [-0.3, -0.25) is 4.79 Å². The van der Waals surface area contributed by atoms with Crippen LogP contribution in [0.1, 0.15) is 63.9 Å². The molecule has 0 amide bonds. The number of imidazole rings is 2. The number of halogens is 8. The molecule has 4 heterocycles. The highest BCUT2D eigenvalue weighted by Crippen LogP contribution is 2.37. The molecule has 0 spiro atoms. The number of carboxylic acid groups (broad SMARTS) is 1. The molecule has 0 bridgehead atoms. The number of aromatic hydroxyl groups is 1. The molecule has 1 aliphatic rings. The molecule has 23 heteroatoms. The number of aryl methyl sites for hydroxylation is 2. The number of aromatic nitrogens is 6. The van der Waals surface area contributed by atoms with E-state index in [2.05, 4.69) is 30.8 Å². The van der Waals surface area contributed by atoms with Crippen LogP contribution in [-0.2, 0) is 0 Å². The molecule has 4 N–H and O–H groups in total. The Bertz CT molecular complexity index is 3390. The molecule has 4 aromatic carbocycles. The third-order valence-corrected chi connectivity index (χ3v) is 11.6. The number of ketones is 1. The molecule has 1 aliphatic carbocycles. The Morgan fingerprint density at radius 1 is 0.676 bits per heavy atom. The van der Waals surface area contributed by atoms with E-state index in [-0.39, 0.29) is 63.0 Å². The van der Waals surface area contributed by atoms with Gasteiger partial charge in [-0.25, -0.2) is 32.6 Å². The van der Waals surface area contributed by atoms with Crippen LogP contribution in [0.4, 0.5) is 46.5 Å². The third-order valence-electron chi connectivity index (χ3n) is 11.6. The summed E-state index contributed by atoms with van der Waals surface area (Å²) in [5, 5.41) is 32.8. The number of hydrogen-bond acceptors (Lipinski definition) is 12. The van der Waals surface area contributed by atoms with E-state index < -0.39 is 55.9 Å². The lowest BCUT2D eigenvalue weighted by atomic mass is 9.98. The fourth-order valence-electron chi connectivity index (χ4n) is 7.71. The Balaban J connectivity index is 0.000000198. The summed E-state index contributed by atoms with van der Waals surface area (Å²) in [5.74, 6) is -2.73. The van der Waals surface area contributed by atoms with Gasteiger partial charge in [-0.05, 0) is 86.2 Å². The summed E-state index contributed by atoms with van der Waals surface area (Å²) in [6, 6.07) is 19.9. The van der Waals surface area contributed by atoms with E-state index in [0.29, 0.717) is 51.7 Å². The van der Waals surface area contributed by atoms with E-state index in [0.717, 1.165) is 30.5 Å². The van der Waals surface area contributed by atoms with Crippen molar-refractivity contribution < 1.29 is 69.1 Å². The first kappa shape index (κ1) is 51.8. The Morgan fingerprint density at radius 2 is 1.16 bits per heavy atom. The van der Waals surface area contributed by atoms with E-state index in [4.69, 9.17) is 14.2 Å². The number of nitrogens with one attached hydrogen (secondary N) is 2. The van der Waals surface area contributed by atoms with Crippen LogP contribution in [0, 0.1) is 31.4 Å². The minimum absolute atomic E-state index is 0.0618. The lowest BCUT2D eigenvalue weighted by molar-refractivity contribution is -0.132. The summed E-state index contributed by atoms with van der Waals surface area (Å²) in [4.78, 5) is 32.6. The quantitative estimate of drug-likeness (QED) is 0.0499. The summed E-state index contributed by atoms with van der Waals surface area (Å²) in [6.45, 7) is 2.62. The van der Waals surface area contributed by atoms with E-state index in [1.807, 2.05) is 13.0 Å². The Labute approximate surface area is 415 Å². The Hall–Kier alpha value is -8.50. The number of benzene rings is 4. The SMILES string of the molecule is COc1ccc(Oc2cc(NCCC(F)(F)F)c3ncc(-c4ccc(C(=O)CC5CC5)c(C)c4)n3n2)c(F)c1.Cc1cc(-c2cnc3c(NCCC(F)(F)F)cc(Oc4ccc(O)cc4F)nn23)ccc1C(=O)O. The minimum Gasteiger partial charge on any atom is -0.508 e. The molecule has 15 nitrogen and oxygen atoms in total. The van der Waals surface area contributed by atoms with Gasteiger partial charge < -0.3 is 35.1 Å². The first-order valence-electron chi connectivity index (χ1n) is 22.7. The van der Waals surface area contributed by atoms with E-state index in [1.165, 1.54) is 71.0 Å². The van der Waals surface area contributed by atoms with Gasteiger partial charge >= 0.3 is 18.3 Å². The van der Waals surface area contributed by atoms with Crippen LogP contribution in [0.3, 0.4) is 0 Å². The predicted octanol–water partition coefficient (Wildman–Crippen LogP) is 12.4. The van der Waals surface area contributed by atoms with Crippen molar-refractivity contribution in [3.8, 4) is 57.3 Å². The van der Waals surface area contributed by atoms with Crippen molar-refractivity contribution in [3.05, 3.63) is 131 Å². The van der Waals surface area contributed by atoms with Crippen molar-refractivity contribution in [2.24, 2.45) is 5.92 Å². The topological polar surface area (TPSA) is 187 Å². The normalized spacial score (nSPS) is 12.6. The molecule has 0 unspecified atom stereocenters. The Kier molecular flexibility index (Phi) is 14.9. The smallest absolute Gasteiger partial charge is 0.390 e. The molecule has 4 aromatic heterocycles. The highest BCUT2D eigenvalue weighted by atomic mass is 19.4. The molecule has 0 radical (unpaired) electrons. The van der Waals surface area contributed by atoms with Crippen LogP contribution < -0.4 is 24.8 Å². The average Bonchev–Trinajstić information content (AvgIpc) is 3.87. The fraction of sp³-hybridized carbons (Fsp3) is 0.255. The number of ether oxygens (including phenoxy) is 3. The zero-order chi connectivity index (χ0) is 53.1. The molecule has 0 saturated heterocycles. The van der Waals surface area contributed by atoms with Gasteiger partial charge in [-0.15, -0.1) is 10.2 Å². The third kappa shape index (κ3) is 12.6. The average molecular weight is 1030 g/mol. The van der Waals surface area contributed by atoms with Crippen LogP contribution in [-0.4, -0.2) is 83.7 Å². The number of Topliss-reactive ketones (excluding diaryl/α,β-unsaturated/α-hetero) is 1. The predicted molar refractivity (Wildman–Crippen MR) is 254 cm³/mol. The first-order valence-corrected chi connectivity index (χ1v) is 22.7. The van der Waals surface area contributed by atoms with Crippen molar-refractivity contribution in [3.63, 3.8) is 0 Å². The summed E-state index contributed by atoms with van der Waals surface area (Å²) in [7, 11) is 1.40. The van der Waals surface area contributed by atoms with Gasteiger partial charge in [0.1, 0.15) is 11.5 Å². The zero-order valence-electron chi connectivity index (χ0n) is 39.4. The fourth-order valence-corrected chi connectivity index (χ4v) is 7.71. The van der Waals surface area contributed by atoms with Crippen molar-refractivity contribution in [1.82, 2.24) is 29.2 Å². The lowest BCUT2D eigenvalue weighted by Gasteiger charge is -2.13. The summed E-state index contributed by atoms with van der Waals surface area (Å²) in [5.41, 5.74) is 5.03. The lowest BCUT2D eigenvalue weighted by Crippen LogP contribution is -2.15. The number of aromatic carboxylic acids is 1. The number of fused-ring (bicyclic) bond motifs is 2. The number of hydrogen-bond donors (Lipinski definition) is 4. The highest BCUT2D eigenvalue weighted by Gasteiger charge is 2.29. The number of carbonyl (C=O) groups excluding carboxylic acids is 1. The van der Waals surface area contributed by atoms with Crippen molar-refractivity contribution >= 4 is 34.4 Å². The van der Waals surface area contributed by atoms with Crippen LogP contribution >= 0.6 is 0 Å². The van der Waals surface area contributed by atoms with Crippen molar-refractivity contribution in [2.75, 3.05) is 30.8 Å². The van der Waals surface area contributed by atoms with Crippen LogP contribution in [0.2, 0.25) is 0 Å². The largest absolute Gasteiger partial charge is 0.508 e. The number of phenolic OH excluding ortho intramolecular Hbond substituents is 1. The van der Waals surface area contributed by atoms with Crippen LogP contribution in [0.25, 0.3) is 33.8 Å². The number of alkyl halides is 6. The molecule has 386 valence electrons. The van der Waals surface area contributed by atoms with Crippen LogP contribution in [0.15, 0.2) is 97.3 Å². The van der Waals surface area contributed by atoms with Crippen molar-refractivity contribution in [2.45, 2.75) is 58.3 Å². The Morgan fingerprint density at radius 3 is 1.59 bits per heavy atom. The standard InChI is InChI=1S/C28H26F4N4O3.C23H18F4N4O4/c1-16-11-18(5-7-20(16)24(37)12-17-3-4-17)23-15-34-27-22(33-10-9-28(30,31)32)14-26(35-36(23)27)39-25-8-6-19(38-2)13-21(25)29;1-12-8-13(2-4-15(12)22(33)34)18-11-29-21-17(28-7-6-23(25,26)27)10-20(30-31(18)21)35-19-5-3-14(32)9-16(19)24/h5-8,11,13-15,17,33H,3-4,9-10,12H2,1-2H3;2-5,8-11,28,32H,6-7H2,1H3,(H,33,34). The summed E-state index contributed by atoms with van der Waals surface area (Å²) >= 11 is 0. The van der Waals surface area contributed by atoms with Gasteiger partial charge in [-0.1, -0.05) is 18.2 Å². The molecular weight excluding hydrogens is 989 g/mol. The maximum Gasteiger partial charge on any atom is 0.390 e. The van der Waals surface area contributed by atoms with E-state index in [1.54, 1.807) is 31.2 Å². The van der Waals surface area contributed by atoms with Gasteiger partial charge in [0.2, 0.25) is 11.8 Å². The van der Waals surface area contributed by atoms with Crippen molar-refractivity contribution in [1.29, 1.82) is 0 Å². The zero-order valence-corrected chi connectivity index (χ0v) is 39.4. The van der Waals surface area contributed by atoms with Gasteiger partial charge in [-0.2, -0.15) is 26.3 Å². The second kappa shape index (κ2) is 21.3. The number of carbonyl (C=O) groups is 2. The number of carboxylic acids is 1. The second-order valence-electron chi connectivity index (χ2n) is 17.2. The van der Waals surface area contributed by atoms with E-state index in [9.17, 15) is 54.9 Å². The number of nitrogens with zero attached hydrogens (tertiary/aromatic N) is 6. The maximum absolute atomic E-state index is 14.6. The highest BCUT2D eigenvalue weighted by molar-refractivity contribution is 5.98. The molecular formula is C51H44F8N8O7. The number of methoxy groups -OCH3 is 1. The number of anilines is 2. The molecule has 74 heavy (non-hydrogen) atoms. The number of phenols is 1. The first-order chi connectivity index (χ1) is 35.1. The molecule has 8 aromatic rings. The molecule has 1 fully saturated rings. The van der Waals surface area contributed by atoms with Crippen LogP contribution in [0.5, 0.6) is 34.8 Å². The molecule has 9 rings (SSSR count). The minimum atomic E-state index is -4.38. The second-order valence-corrected chi connectivity index (χ2v) is 17.2. The molecule has 0 atom stereocenters. The summed E-state index contributed by atoms with van der Waals surface area (Å²) < 4.78 is 124. The molecule has 0 aliphatic heterocycles. The van der Waals surface area contributed by atoms with Gasteiger partial charge in [0.15, 0.2) is 40.2 Å². The number of rotatable bonds is 17. The molecule has 1 saturated carbocycles.